The molecule has 0 bridgehead atoms. The minimum atomic E-state index is -3.97. The van der Waals surface area contributed by atoms with Crippen molar-refractivity contribution in [2.24, 2.45) is 16.8 Å². The third-order valence-corrected chi connectivity index (χ3v) is 3.69. The molecule has 2 atom stereocenters. The van der Waals surface area contributed by atoms with E-state index < -0.39 is 26.8 Å². The first-order chi connectivity index (χ1) is 6.49. The maximum Gasteiger partial charge on any atom is 0.324 e. The Morgan fingerprint density at radius 3 is 2.07 bits per heavy atom. The molecule has 0 radical (unpaired) electrons. The largest absolute Gasteiger partial charge is 0.480 e. The first kappa shape index (κ1) is 14.3. The number of carboxylic acids is 1. The number of sulfonamides is 1. The number of hydrogen-bond donors (Lipinski definition) is 3. The molecule has 7 heteroatoms. The molecule has 0 saturated carbocycles. The van der Waals surface area contributed by atoms with E-state index in [0.717, 1.165) is 6.92 Å². The van der Waals surface area contributed by atoms with Crippen LogP contribution in [-0.4, -0.2) is 30.3 Å². The molecular weight excluding hydrogens is 220 g/mol. The molecule has 0 aliphatic carbocycles. The molecule has 0 aliphatic heterocycles. The van der Waals surface area contributed by atoms with Gasteiger partial charge in [0.05, 0.1) is 0 Å². The molecule has 0 aromatic heterocycles. The SMILES string of the molecule is CC(C)CC(C(C)(N)C(=O)O)S(N)(=O)=O. The van der Waals surface area contributed by atoms with Gasteiger partial charge in [-0.2, -0.15) is 0 Å². The van der Waals surface area contributed by atoms with Crippen molar-refractivity contribution < 1.29 is 18.3 Å². The summed E-state index contributed by atoms with van der Waals surface area (Å²) in [5.74, 6) is -1.38. The summed E-state index contributed by atoms with van der Waals surface area (Å²) in [6.45, 7) is 4.71. The lowest BCUT2D eigenvalue weighted by Crippen LogP contribution is -2.59. The molecule has 0 heterocycles. The van der Waals surface area contributed by atoms with Crippen LogP contribution in [0, 0.1) is 5.92 Å². The smallest absolute Gasteiger partial charge is 0.324 e. The Bertz CT molecular complexity index is 335. The van der Waals surface area contributed by atoms with E-state index in [2.05, 4.69) is 0 Å². The van der Waals surface area contributed by atoms with Crippen LogP contribution in [0.4, 0.5) is 0 Å². The fourth-order valence-corrected chi connectivity index (χ4v) is 2.72. The number of hydrogen-bond acceptors (Lipinski definition) is 4. The topological polar surface area (TPSA) is 123 Å². The summed E-state index contributed by atoms with van der Waals surface area (Å²) in [7, 11) is -3.97. The average Bonchev–Trinajstić information content (AvgIpc) is 1.97. The second-order valence-electron chi connectivity index (χ2n) is 4.30. The highest BCUT2D eigenvalue weighted by Crippen LogP contribution is 2.21. The van der Waals surface area contributed by atoms with Gasteiger partial charge >= 0.3 is 5.97 Å². The molecule has 0 amide bonds. The lowest BCUT2D eigenvalue weighted by atomic mass is 9.92. The second kappa shape index (κ2) is 4.46. The van der Waals surface area contributed by atoms with Gasteiger partial charge in [-0.05, 0) is 19.3 Å². The highest BCUT2D eigenvalue weighted by molar-refractivity contribution is 7.89. The van der Waals surface area contributed by atoms with Crippen LogP contribution in [0.3, 0.4) is 0 Å². The van der Waals surface area contributed by atoms with Gasteiger partial charge in [0.1, 0.15) is 10.8 Å². The number of carboxylic acid groups (broad SMARTS) is 1. The number of carbonyl (C=O) groups is 1. The third-order valence-electron chi connectivity index (χ3n) is 2.21. The zero-order chi connectivity index (χ0) is 12.4. The summed E-state index contributed by atoms with van der Waals surface area (Å²) < 4.78 is 22.5. The Morgan fingerprint density at radius 2 is 1.87 bits per heavy atom. The summed E-state index contributed by atoms with van der Waals surface area (Å²) in [5.41, 5.74) is 3.62. The van der Waals surface area contributed by atoms with Crippen LogP contribution >= 0.6 is 0 Å². The Hall–Kier alpha value is -0.660. The predicted molar refractivity (Wildman–Crippen MR) is 56.6 cm³/mol. The molecule has 6 nitrogen and oxygen atoms in total. The van der Waals surface area contributed by atoms with E-state index in [9.17, 15) is 13.2 Å². The summed E-state index contributed by atoms with van der Waals surface area (Å²) in [6, 6.07) is 0. The highest BCUT2D eigenvalue weighted by atomic mass is 32.2. The van der Waals surface area contributed by atoms with Crippen molar-refractivity contribution in [1.82, 2.24) is 0 Å². The first-order valence-corrected chi connectivity index (χ1v) is 6.14. The van der Waals surface area contributed by atoms with Gasteiger partial charge in [-0.3, -0.25) is 4.79 Å². The third kappa shape index (κ3) is 3.77. The molecule has 0 spiro atoms. The Labute approximate surface area is 89.7 Å². The van der Waals surface area contributed by atoms with Gasteiger partial charge in [0.25, 0.3) is 0 Å². The molecule has 0 fully saturated rings. The maximum atomic E-state index is 11.3. The van der Waals surface area contributed by atoms with Crippen LogP contribution in [-0.2, 0) is 14.8 Å². The molecule has 0 aliphatic rings. The predicted octanol–water partition coefficient (Wildman–Crippen LogP) is -0.508. The van der Waals surface area contributed by atoms with Crippen molar-refractivity contribution in [1.29, 1.82) is 0 Å². The molecular formula is C8H18N2O4S. The van der Waals surface area contributed by atoms with Gasteiger partial charge in [-0.25, -0.2) is 13.6 Å². The summed E-state index contributed by atoms with van der Waals surface area (Å²) in [4.78, 5) is 10.8. The zero-order valence-electron chi connectivity index (χ0n) is 9.10. The van der Waals surface area contributed by atoms with Crippen LogP contribution in [0.25, 0.3) is 0 Å². The average molecular weight is 238 g/mol. The van der Waals surface area contributed by atoms with Crippen molar-refractivity contribution in [2.75, 3.05) is 0 Å². The molecule has 90 valence electrons. The Balaban J connectivity index is 5.22. The monoisotopic (exact) mass is 238 g/mol. The highest BCUT2D eigenvalue weighted by Gasteiger charge is 2.44. The molecule has 15 heavy (non-hydrogen) atoms. The van der Waals surface area contributed by atoms with Crippen molar-refractivity contribution in [3.05, 3.63) is 0 Å². The van der Waals surface area contributed by atoms with Crippen molar-refractivity contribution in [3.63, 3.8) is 0 Å². The standard InChI is InChI=1S/C8H18N2O4S/c1-5(2)4-6(15(10,13)14)8(3,9)7(11)12/h5-6H,4,9H2,1-3H3,(H,11,12)(H2,10,13,14). The maximum absolute atomic E-state index is 11.3. The second-order valence-corrected chi connectivity index (χ2v) is 6.04. The van der Waals surface area contributed by atoms with E-state index in [1.807, 2.05) is 0 Å². The Kier molecular flexibility index (Phi) is 4.26. The van der Waals surface area contributed by atoms with E-state index in [4.69, 9.17) is 16.0 Å². The molecule has 0 aromatic carbocycles. The van der Waals surface area contributed by atoms with Gasteiger partial charge in [-0.1, -0.05) is 13.8 Å². The molecule has 5 N–H and O–H groups in total. The zero-order valence-corrected chi connectivity index (χ0v) is 9.91. The van der Waals surface area contributed by atoms with Gasteiger partial charge < -0.3 is 10.8 Å². The van der Waals surface area contributed by atoms with Crippen LogP contribution in [0.5, 0.6) is 0 Å². The minimum Gasteiger partial charge on any atom is -0.480 e. The molecule has 0 aromatic rings. The van der Waals surface area contributed by atoms with Crippen LogP contribution in [0.1, 0.15) is 27.2 Å². The van der Waals surface area contributed by atoms with E-state index >= 15 is 0 Å². The van der Waals surface area contributed by atoms with Gasteiger partial charge in [0, 0.05) is 0 Å². The Morgan fingerprint density at radius 1 is 1.47 bits per heavy atom. The van der Waals surface area contributed by atoms with Crippen molar-refractivity contribution in [2.45, 2.75) is 38.0 Å². The summed E-state index contributed by atoms with van der Waals surface area (Å²) in [6.07, 6.45) is 0.123. The number of rotatable bonds is 5. The van der Waals surface area contributed by atoms with E-state index in [0.29, 0.717) is 0 Å². The normalized spacial score (nSPS) is 18.5. The number of primary sulfonamides is 1. The lowest BCUT2D eigenvalue weighted by molar-refractivity contribution is -0.142. The number of nitrogens with two attached hydrogens (primary N) is 2. The molecule has 0 saturated heterocycles. The number of aliphatic carboxylic acids is 1. The quantitative estimate of drug-likeness (QED) is 0.595. The van der Waals surface area contributed by atoms with E-state index in [-0.39, 0.29) is 12.3 Å². The fourth-order valence-electron chi connectivity index (χ4n) is 1.29. The molecule has 0 rings (SSSR count). The first-order valence-electron chi connectivity index (χ1n) is 4.53. The van der Waals surface area contributed by atoms with Crippen molar-refractivity contribution in [3.8, 4) is 0 Å². The van der Waals surface area contributed by atoms with E-state index in [1.54, 1.807) is 13.8 Å². The minimum absolute atomic E-state index is 0.00412. The lowest BCUT2D eigenvalue weighted by Gasteiger charge is -2.29. The van der Waals surface area contributed by atoms with E-state index in [1.165, 1.54) is 0 Å². The fraction of sp³-hybridized carbons (Fsp3) is 0.875. The van der Waals surface area contributed by atoms with Crippen molar-refractivity contribution >= 4 is 16.0 Å². The van der Waals surface area contributed by atoms with Crippen LogP contribution in [0.2, 0.25) is 0 Å². The van der Waals surface area contributed by atoms with Gasteiger partial charge in [-0.15, -0.1) is 0 Å². The van der Waals surface area contributed by atoms with Crippen LogP contribution < -0.4 is 10.9 Å². The van der Waals surface area contributed by atoms with Gasteiger partial charge in [0.2, 0.25) is 10.0 Å². The van der Waals surface area contributed by atoms with Crippen LogP contribution in [0.15, 0.2) is 0 Å². The summed E-state index contributed by atoms with van der Waals surface area (Å²) >= 11 is 0. The summed E-state index contributed by atoms with van der Waals surface area (Å²) in [5, 5.41) is 12.5. The van der Waals surface area contributed by atoms with Gasteiger partial charge in [0.15, 0.2) is 0 Å². The molecule has 2 unspecified atom stereocenters.